The zero-order valence-electron chi connectivity index (χ0n) is 17.8. The number of aliphatic imine (C=N–C) groups is 1. The second-order valence-corrected chi connectivity index (χ2v) is 7.42. The van der Waals surface area contributed by atoms with E-state index in [0.29, 0.717) is 11.8 Å². The molecule has 1 heterocycles. The summed E-state index contributed by atoms with van der Waals surface area (Å²) in [5.41, 5.74) is 1.25. The van der Waals surface area contributed by atoms with Gasteiger partial charge in [0.1, 0.15) is 0 Å². The van der Waals surface area contributed by atoms with Crippen molar-refractivity contribution in [2.45, 2.75) is 52.7 Å². The van der Waals surface area contributed by atoms with Gasteiger partial charge in [-0.05, 0) is 38.2 Å². The summed E-state index contributed by atoms with van der Waals surface area (Å²) in [4.78, 5) is 4.83. The van der Waals surface area contributed by atoms with E-state index < -0.39 is 0 Å². The highest BCUT2D eigenvalue weighted by molar-refractivity contribution is 14.0. The molecule has 28 heavy (non-hydrogen) atoms. The highest BCUT2D eigenvalue weighted by atomic mass is 127. The van der Waals surface area contributed by atoms with Crippen molar-refractivity contribution >= 4 is 29.9 Å². The smallest absolute Gasteiger partial charge is 0.191 e. The van der Waals surface area contributed by atoms with E-state index in [1.165, 1.54) is 5.56 Å². The maximum absolute atomic E-state index is 5.98. The Morgan fingerprint density at radius 3 is 2.61 bits per heavy atom. The monoisotopic (exact) mass is 503 g/mol. The van der Waals surface area contributed by atoms with Crippen LogP contribution in [0.2, 0.25) is 0 Å². The Morgan fingerprint density at radius 2 is 1.96 bits per heavy atom. The quantitative estimate of drug-likeness (QED) is 0.283. The molecular weight excluding hydrogens is 465 g/mol. The third kappa shape index (κ3) is 8.25. The highest BCUT2D eigenvalue weighted by Crippen LogP contribution is 2.34. The van der Waals surface area contributed by atoms with Gasteiger partial charge in [-0.2, -0.15) is 0 Å². The third-order valence-electron chi connectivity index (χ3n) is 5.02. The number of ether oxygens (including phenoxy) is 2. The summed E-state index contributed by atoms with van der Waals surface area (Å²) in [6.45, 7) is 12.6. The van der Waals surface area contributed by atoms with Gasteiger partial charge < -0.3 is 20.1 Å². The van der Waals surface area contributed by atoms with Gasteiger partial charge in [0.15, 0.2) is 5.96 Å². The number of hydrogen-bond donors (Lipinski definition) is 2. The van der Waals surface area contributed by atoms with E-state index in [1.807, 2.05) is 6.07 Å². The molecule has 2 N–H and O–H groups in total. The minimum Gasteiger partial charge on any atom is -0.378 e. The average Bonchev–Trinajstić information content (AvgIpc) is 3.14. The van der Waals surface area contributed by atoms with E-state index in [1.54, 1.807) is 0 Å². The molecule has 3 unspecified atom stereocenters. The summed E-state index contributed by atoms with van der Waals surface area (Å²) in [5.74, 6) is 1.83. The highest BCUT2D eigenvalue weighted by Gasteiger charge is 2.29. The first-order valence-electron chi connectivity index (χ1n) is 10.5. The molecule has 1 aliphatic heterocycles. The van der Waals surface area contributed by atoms with Crippen LogP contribution in [0, 0.1) is 11.8 Å². The van der Waals surface area contributed by atoms with Crippen molar-refractivity contribution in [2.75, 3.05) is 32.8 Å². The van der Waals surface area contributed by atoms with E-state index >= 15 is 0 Å². The molecule has 0 bridgehead atoms. The number of nitrogens with one attached hydrogen (secondary N) is 2. The standard InChI is InChI=1S/C22H37N3O2.HI/c1-5-23-22(24-14-12-20(17(3)4)26-6-2)25-16-19-13-15-27-21(19)18-10-8-7-9-11-18;/h7-11,17,19-21H,5-6,12-16H2,1-4H3,(H2,23,24,25);1H. The fourth-order valence-corrected chi connectivity index (χ4v) is 3.54. The van der Waals surface area contributed by atoms with Crippen LogP contribution in [0.1, 0.15) is 52.2 Å². The summed E-state index contributed by atoms with van der Waals surface area (Å²) in [6.07, 6.45) is 2.48. The zero-order valence-corrected chi connectivity index (χ0v) is 20.1. The number of hydrogen-bond acceptors (Lipinski definition) is 3. The van der Waals surface area contributed by atoms with Crippen LogP contribution in [0.4, 0.5) is 0 Å². The molecule has 1 aromatic rings. The Kier molecular flexibility index (Phi) is 12.7. The zero-order chi connectivity index (χ0) is 19.5. The van der Waals surface area contributed by atoms with Gasteiger partial charge in [-0.25, -0.2) is 0 Å². The lowest BCUT2D eigenvalue weighted by Crippen LogP contribution is -2.39. The largest absolute Gasteiger partial charge is 0.378 e. The molecule has 2 rings (SSSR count). The van der Waals surface area contributed by atoms with Gasteiger partial charge in [0.25, 0.3) is 0 Å². The van der Waals surface area contributed by atoms with Crippen LogP contribution < -0.4 is 10.6 Å². The van der Waals surface area contributed by atoms with Crippen LogP contribution in [0.5, 0.6) is 0 Å². The molecular formula is C22H38IN3O2. The predicted molar refractivity (Wildman–Crippen MR) is 128 cm³/mol. The van der Waals surface area contributed by atoms with Gasteiger partial charge in [0.2, 0.25) is 0 Å². The molecule has 0 saturated carbocycles. The van der Waals surface area contributed by atoms with Crippen molar-refractivity contribution in [3.05, 3.63) is 35.9 Å². The van der Waals surface area contributed by atoms with Crippen LogP contribution >= 0.6 is 24.0 Å². The molecule has 0 radical (unpaired) electrons. The van der Waals surface area contributed by atoms with Crippen LogP contribution in [-0.2, 0) is 9.47 Å². The van der Waals surface area contributed by atoms with Gasteiger partial charge in [-0.15, -0.1) is 24.0 Å². The van der Waals surface area contributed by atoms with Crippen molar-refractivity contribution in [2.24, 2.45) is 16.8 Å². The fourth-order valence-electron chi connectivity index (χ4n) is 3.54. The predicted octanol–water partition coefficient (Wildman–Crippen LogP) is 4.39. The number of nitrogens with zero attached hydrogens (tertiary/aromatic N) is 1. The van der Waals surface area contributed by atoms with Crippen LogP contribution in [-0.4, -0.2) is 44.9 Å². The molecule has 0 aromatic heterocycles. The van der Waals surface area contributed by atoms with E-state index in [2.05, 4.69) is 62.6 Å². The molecule has 0 amide bonds. The van der Waals surface area contributed by atoms with Crippen molar-refractivity contribution in [3.63, 3.8) is 0 Å². The summed E-state index contributed by atoms with van der Waals surface area (Å²) in [5, 5.41) is 6.81. The first kappa shape index (κ1) is 25.2. The van der Waals surface area contributed by atoms with Gasteiger partial charge in [0, 0.05) is 38.8 Å². The van der Waals surface area contributed by atoms with Crippen LogP contribution in [0.3, 0.4) is 0 Å². The van der Waals surface area contributed by atoms with E-state index in [4.69, 9.17) is 14.5 Å². The van der Waals surface area contributed by atoms with Gasteiger partial charge >= 0.3 is 0 Å². The lowest BCUT2D eigenvalue weighted by molar-refractivity contribution is 0.0258. The maximum Gasteiger partial charge on any atom is 0.191 e. The van der Waals surface area contributed by atoms with Crippen molar-refractivity contribution in [1.82, 2.24) is 10.6 Å². The van der Waals surface area contributed by atoms with Crippen molar-refractivity contribution < 1.29 is 9.47 Å². The normalized spacial score (nSPS) is 20.7. The van der Waals surface area contributed by atoms with E-state index in [-0.39, 0.29) is 36.2 Å². The first-order valence-corrected chi connectivity index (χ1v) is 10.5. The van der Waals surface area contributed by atoms with Crippen LogP contribution in [0.25, 0.3) is 0 Å². The molecule has 1 saturated heterocycles. The summed E-state index contributed by atoms with van der Waals surface area (Å²) in [7, 11) is 0. The Balaban J connectivity index is 0.00000392. The fraction of sp³-hybridized carbons (Fsp3) is 0.682. The number of benzene rings is 1. The SMILES string of the molecule is CCNC(=NCC1CCOC1c1ccccc1)NCCC(OCC)C(C)C.I. The minimum absolute atomic E-state index is 0. The number of guanidine groups is 1. The third-order valence-corrected chi connectivity index (χ3v) is 5.02. The van der Waals surface area contributed by atoms with Gasteiger partial charge in [-0.3, -0.25) is 4.99 Å². The molecule has 1 aliphatic rings. The lowest BCUT2D eigenvalue weighted by atomic mass is 9.95. The summed E-state index contributed by atoms with van der Waals surface area (Å²) < 4.78 is 11.8. The molecule has 1 fully saturated rings. The second-order valence-electron chi connectivity index (χ2n) is 7.42. The van der Waals surface area contributed by atoms with E-state index in [9.17, 15) is 0 Å². The second kappa shape index (κ2) is 14.2. The molecule has 3 atom stereocenters. The van der Waals surface area contributed by atoms with Crippen molar-refractivity contribution in [1.29, 1.82) is 0 Å². The molecule has 0 aliphatic carbocycles. The Hall–Kier alpha value is -0.860. The molecule has 0 spiro atoms. The lowest BCUT2D eigenvalue weighted by Gasteiger charge is -2.22. The average molecular weight is 503 g/mol. The molecule has 160 valence electrons. The van der Waals surface area contributed by atoms with Gasteiger partial charge in [-0.1, -0.05) is 44.2 Å². The Bertz CT molecular complexity index is 554. The summed E-state index contributed by atoms with van der Waals surface area (Å²) >= 11 is 0. The molecule has 5 nitrogen and oxygen atoms in total. The van der Waals surface area contributed by atoms with Crippen LogP contribution in [0.15, 0.2) is 35.3 Å². The van der Waals surface area contributed by atoms with E-state index in [0.717, 1.165) is 51.6 Å². The first-order chi connectivity index (χ1) is 13.2. The topological polar surface area (TPSA) is 54.9 Å². The number of rotatable bonds is 10. The molecule has 1 aromatic carbocycles. The number of halogens is 1. The Morgan fingerprint density at radius 1 is 1.21 bits per heavy atom. The summed E-state index contributed by atoms with van der Waals surface area (Å²) in [6, 6.07) is 10.5. The van der Waals surface area contributed by atoms with Crippen molar-refractivity contribution in [3.8, 4) is 0 Å². The minimum atomic E-state index is 0. The van der Waals surface area contributed by atoms with Gasteiger partial charge in [0.05, 0.1) is 12.2 Å². The maximum atomic E-state index is 5.98. The Labute approximate surface area is 188 Å². The molecule has 6 heteroatoms.